The lowest BCUT2D eigenvalue weighted by atomic mass is 9.95. The fourth-order valence-electron chi connectivity index (χ4n) is 3.73. The van der Waals surface area contributed by atoms with E-state index in [2.05, 4.69) is 10.3 Å². The molecule has 7 heteroatoms. The maximum atomic E-state index is 13.0. The van der Waals surface area contributed by atoms with Gasteiger partial charge in [-0.25, -0.2) is 4.39 Å². The van der Waals surface area contributed by atoms with E-state index in [-0.39, 0.29) is 17.6 Å². The van der Waals surface area contributed by atoms with Crippen molar-refractivity contribution in [3.8, 4) is 11.3 Å². The number of hydrogen-bond donors (Lipinski definition) is 0. The number of carbonyl (C=O) groups excluding carboxylic acids is 1. The Morgan fingerprint density at radius 3 is 2.65 bits per heavy atom. The zero-order chi connectivity index (χ0) is 17.9. The molecule has 0 spiro atoms. The minimum Gasteiger partial charge on any atom is -0.381 e. The monoisotopic (exact) mass is 358 g/mol. The van der Waals surface area contributed by atoms with Gasteiger partial charge in [-0.2, -0.15) is 0 Å². The van der Waals surface area contributed by atoms with Crippen LogP contribution < -0.4 is 0 Å². The van der Waals surface area contributed by atoms with E-state index in [0.717, 1.165) is 50.2 Å². The molecule has 2 fully saturated rings. The van der Waals surface area contributed by atoms with Gasteiger partial charge < -0.3 is 9.64 Å². The van der Waals surface area contributed by atoms with Crippen LogP contribution in [-0.2, 0) is 16.1 Å². The van der Waals surface area contributed by atoms with Crippen molar-refractivity contribution in [1.82, 2.24) is 19.9 Å². The van der Waals surface area contributed by atoms with E-state index >= 15 is 0 Å². The van der Waals surface area contributed by atoms with Crippen LogP contribution in [0.5, 0.6) is 0 Å². The second kappa shape index (κ2) is 7.53. The Morgan fingerprint density at radius 1 is 1.19 bits per heavy atom. The maximum absolute atomic E-state index is 13.0. The largest absolute Gasteiger partial charge is 0.381 e. The molecule has 0 saturated carbocycles. The van der Waals surface area contributed by atoms with Crippen LogP contribution in [0.1, 0.15) is 19.3 Å². The van der Waals surface area contributed by atoms with Crippen LogP contribution in [0.25, 0.3) is 11.3 Å². The summed E-state index contributed by atoms with van der Waals surface area (Å²) in [4.78, 5) is 14.4. The zero-order valence-corrected chi connectivity index (χ0v) is 14.7. The number of carbonyl (C=O) groups is 1. The molecule has 0 aliphatic carbocycles. The standard InChI is InChI=1S/C19H23FN4O2/c20-17-3-1-15(2-4-17)18-12-24(22-21-18)11-14-5-8-23(9-6-14)19(25)16-7-10-26-13-16/h1-4,12,14,16H,5-11,13H2/t16-/m0/s1. The molecule has 1 amide bonds. The summed E-state index contributed by atoms with van der Waals surface area (Å²) in [6, 6.07) is 6.27. The first-order chi connectivity index (χ1) is 12.7. The second-order valence-electron chi connectivity index (χ2n) is 7.16. The summed E-state index contributed by atoms with van der Waals surface area (Å²) in [6.45, 7) is 3.68. The Labute approximate surface area is 151 Å². The Morgan fingerprint density at radius 2 is 1.96 bits per heavy atom. The molecule has 0 unspecified atom stereocenters. The molecule has 3 heterocycles. The Balaban J connectivity index is 1.30. The van der Waals surface area contributed by atoms with Gasteiger partial charge in [0, 0.05) is 31.8 Å². The second-order valence-corrected chi connectivity index (χ2v) is 7.16. The third kappa shape index (κ3) is 3.77. The molecule has 4 rings (SSSR count). The predicted octanol–water partition coefficient (Wildman–Crippen LogP) is 2.36. The van der Waals surface area contributed by atoms with E-state index < -0.39 is 0 Å². The van der Waals surface area contributed by atoms with Crippen LogP contribution in [0.2, 0.25) is 0 Å². The molecule has 2 saturated heterocycles. The predicted molar refractivity (Wildman–Crippen MR) is 93.6 cm³/mol. The van der Waals surface area contributed by atoms with Gasteiger partial charge in [0.2, 0.25) is 5.91 Å². The van der Waals surface area contributed by atoms with Gasteiger partial charge in [0.15, 0.2) is 0 Å². The SMILES string of the molecule is O=C([C@H]1CCOC1)N1CCC(Cn2cc(-c3ccc(F)cc3)nn2)CC1. The van der Waals surface area contributed by atoms with Crippen molar-refractivity contribution in [2.24, 2.45) is 11.8 Å². The van der Waals surface area contributed by atoms with Crippen molar-refractivity contribution in [3.63, 3.8) is 0 Å². The van der Waals surface area contributed by atoms with E-state index in [1.54, 1.807) is 12.1 Å². The van der Waals surface area contributed by atoms with Crippen LogP contribution in [-0.4, -0.2) is 52.1 Å². The first-order valence-corrected chi connectivity index (χ1v) is 9.21. The Bertz CT molecular complexity index is 747. The van der Waals surface area contributed by atoms with Gasteiger partial charge in [0.1, 0.15) is 11.5 Å². The summed E-state index contributed by atoms with van der Waals surface area (Å²) in [6.07, 6.45) is 4.71. The summed E-state index contributed by atoms with van der Waals surface area (Å²) >= 11 is 0. The highest BCUT2D eigenvalue weighted by Crippen LogP contribution is 2.24. The highest BCUT2D eigenvalue weighted by atomic mass is 19.1. The van der Waals surface area contributed by atoms with E-state index in [1.807, 2.05) is 15.8 Å². The Kier molecular flexibility index (Phi) is 4.97. The van der Waals surface area contributed by atoms with Crippen LogP contribution in [0.15, 0.2) is 30.5 Å². The molecule has 0 bridgehead atoms. The van der Waals surface area contributed by atoms with Gasteiger partial charge in [-0.1, -0.05) is 5.21 Å². The van der Waals surface area contributed by atoms with Crippen molar-refractivity contribution >= 4 is 5.91 Å². The number of piperidine rings is 1. The lowest BCUT2D eigenvalue weighted by Crippen LogP contribution is -2.42. The van der Waals surface area contributed by atoms with Gasteiger partial charge in [0.25, 0.3) is 0 Å². The lowest BCUT2D eigenvalue weighted by molar-refractivity contribution is -0.137. The number of halogens is 1. The Hall–Kier alpha value is -2.28. The van der Waals surface area contributed by atoms with E-state index in [1.165, 1.54) is 12.1 Å². The topological polar surface area (TPSA) is 60.2 Å². The molecule has 2 aliphatic rings. The van der Waals surface area contributed by atoms with Crippen LogP contribution in [0.4, 0.5) is 4.39 Å². The smallest absolute Gasteiger partial charge is 0.228 e. The molecular formula is C19H23FN4O2. The first-order valence-electron chi connectivity index (χ1n) is 9.21. The average molecular weight is 358 g/mol. The number of hydrogen-bond acceptors (Lipinski definition) is 4. The number of aromatic nitrogens is 3. The third-order valence-electron chi connectivity index (χ3n) is 5.33. The summed E-state index contributed by atoms with van der Waals surface area (Å²) in [5, 5.41) is 8.39. The van der Waals surface area contributed by atoms with E-state index in [9.17, 15) is 9.18 Å². The fourth-order valence-corrected chi connectivity index (χ4v) is 3.73. The number of likely N-dealkylation sites (tertiary alicyclic amines) is 1. The molecule has 26 heavy (non-hydrogen) atoms. The summed E-state index contributed by atoms with van der Waals surface area (Å²) in [7, 11) is 0. The number of benzene rings is 1. The molecule has 138 valence electrons. The van der Waals surface area contributed by atoms with Gasteiger partial charge in [0.05, 0.1) is 18.7 Å². The van der Waals surface area contributed by atoms with Gasteiger partial charge >= 0.3 is 0 Å². The highest BCUT2D eigenvalue weighted by molar-refractivity contribution is 5.79. The first kappa shape index (κ1) is 17.1. The molecule has 1 aromatic heterocycles. The van der Waals surface area contributed by atoms with E-state index in [4.69, 9.17) is 4.74 Å². The summed E-state index contributed by atoms with van der Waals surface area (Å²) < 4.78 is 20.2. The summed E-state index contributed by atoms with van der Waals surface area (Å²) in [5.74, 6) is 0.536. The maximum Gasteiger partial charge on any atom is 0.228 e. The van der Waals surface area contributed by atoms with Crippen LogP contribution in [0, 0.1) is 17.7 Å². The van der Waals surface area contributed by atoms with Crippen molar-refractivity contribution < 1.29 is 13.9 Å². The van der Waals surface area contributed by atoms with Crippen molar-refractivity contribution in [2.45, 2.75) is 25.8 Å². The van der Waals surface area contributed by atoms with Crippen molar-refractivity contribution in [1.29, 1.82) is 0 Å². The van der Waals surface area contributed by atoms with Gasteiger partial charge in [-0.3, -0.25) is 9.48 Å². The fraction of sp³-hybridized carbons (Fsp3) is 0.526. The number of rotatable bonds is 4. The van der Waals surface area contributed by atoms with Crippen LogP contribution in [0.3, 0.4) is 0 Å². The lowest BCUT2D eigenvalue weighted by Gasteiger charge is -2.33. The minimum absolute atomic E-state index is 0.0557. The molecule has 0 N–H and O–H groups in total. The quantitative estimate of drug-likeness (QED) is 0.842. The van der Waals surface area contributed by atoms with Crippen LogP contribution >= 0.6 is 0 Å². The van der Waals surface area contributed by atoms with Crippen molar-refractivity contribution in [2.75, 3.05) is 26.3 Å². The molecule has 6 nitrogen and oxygen atoms in total. The molecule has 2 aromatic rings. The zero-order valence-electron chi connectivity index (χ0n) is 14.7. The third-order valence-corrected chi connectivity index (χ3v) is 5.33. The molecular weight excluding hydrogens is 335 g/mol. The number of amides is 1. The number of ether oxygens (including phenoxy) is 1. The van der Waals surface area contributed by atoms with Gasteiger partial charge in [-0.15, -0.1) is 5.10 Å². The summed E-state index contributed by atoms with van der Waals surface area (Å²) in [5.41, 5.74) is 1.61. The molecule has 2 aliphatic heterocycles. The molecule has 0 radical (unpaired) electrons. The van der Waals surface area contributed by atoms with Crippen molar-refractivity contribution in [3.05, 3.63) is 36.3 Å². The molecule has 1 aromatic carbocycles. The number of nitrogens with zero attached hydrogens (tertiary/aromatic N) is 4. The minimum atomic E-state index is -0.258. The normalized spacial score (nSPS) is 21.3. The highest BCUT2D eigenvalue weighted by Gasteiger charge is 2.30. The molecule has 1 atom stereocenters. The van der Waals surface area contributed by atoms with Gasteiger partial charge in [-0.05, 0) is 49.4 Å². The average Bonchev–Trinajstić information content (AvgIpc) is 3.35. The van der Waals surface area contributed by atoms with E-state index in [0.29, 0.717) is 19.1 Å².